The van der Waals surface area contributed by atoms with Crippen molar-refractivity contribution in [1.29, 1.82) is 0 Å². The fourth-order valence-corrected chi connectivity index (χ4v) is 13.2. The molecule has 3 aliphatic carbocycles. The molecule has 330 valence electrons. The molecule has 1 aliphatic heterocycles. The van der Waals surface area contributed by atoms with Crippen LogP contribution in [0, 0.1) is 6.92 Å². The van der Waals surface area contributed by atoms with E-state index in [-0.39, 0.29) is 21.7 Å². The maximum atomic E-state index is 4.07. The lowest BCUT2D eigenvalue weighted by molar-refractivity contribution is 0.332. The molecule has 2 nitrogen and oxygen atoms in total. The normalized spacial score (nSPS) is 17.6. The second-order valence-electron chi connectivity index (χ2n) is 23.6. The largest absolute Gasteiger partial charge is 0.355 e. The molecule has 0 saturated heterocycles. The molecular weight excluding hydrogens is 808 g/mol. The summed E-state index contributed by atoms with van der Waals surface area (Å²) in [5.74, 6) is 0. The van der Waals surface area contributed by atoms with Crippen LogP contribution in [0.1, 0.15) is 120 Å². The van der Waals surface area contributed by atoms with E-state index in [2.05, 4.69) is 206 Å². The lowest BCUT2D eigenvalue weighted by atomic mass is 9.55. The maximum Gasteiger partial charge on any atom is 0.198 e. The van der Waals surface area contributed by atoms with Crippen molar-refractivity contribution in [1.82, 2.24) is 4.57 Å². The van der Waals surface area contributed by atoms with Crippen LogP contribution in [-0.4, -0.2) is 11.8 Å². The summed E-state index contributed by atoms with van der Waals surface area (Å²) < 4.78 is 2.74. The number of fused-ring (bicyclic) bond motifs is 12. The lowest BCUT2D eigenvalue weighted by Gasteiger charge is -2.43. The number of aryl methyl sites for hydroxylation is 1. The van der Waals surface area contributed by atoms with Crippen molar-refractivity contribution in [2.24, 2.45) is 0 Å². The smallest absolute Gasteiger partial charge is 0.198 e. The first-order valence-electron chi connectivity index (χ1n) is 25.0. The van der Waals surface area contributed by atoms with Gasteiger partial charge in [0.2, 0.25) is 0 Å². The summed E-state index contributed by atoms with van der Waals surface area (Å²) in [6.45, 7) is 22.0. The van der Waals surface area contributed by atoms with Crippen LogP contribution in [-0.2, 0) is 28.1 Å². The van der Waals surface area contributed by atoms with Crippen molar-refractivity contribution in [3.05, 3.63) is 172 Å². The number of nitrogens with zero attached hydrogens (tertiary/aromatic N) is 1. The predicted octanol–water partition coefficient (Wildman–Crippen LogP) is 15.3. The van der Waals surface area contributed by atoms with E-state index in [1.807, 2.05) is 0 Å². The molecule has 2 heterocycles. The summed E-state index contributed by atoms with van der Waals surface area (Å²) in [6.07, 6.45) is 5.68. The Morgan fingerprint density at radius 3 is 1.88 bits per heavy atom. The summed E-state index contributed by atoms with van der Waals surface area (Å²) in [6, 6.07) is 52.3. The van der Waals surface area contributed by atoms with E-state index in [1.54, 1.807) is 0 Å². The van der Waals surface area contributed by atoms with Crippen molar-refractivity contribution in [3.8, 4) is 39.1 Å². The molecule has 0 amide bonds. The number of hydrogen-bond donors (Lipinski definition) is 1. The van der Waals surface area contributed by atoms with Gasteiger partial charge < -0.3 is 9.88 Å². The zero-order chi connectivity index (χ0) is 45.9. The molecule has 0 radical (unpaired) electrons. The van der Waals surface area contributed by atoms with E-state index in [0.717, 1.165) is 25.8 Å². The Labute approximate surface area is 397 Å². The highest BCUT2D eigenvalue weighted by Gasteiger charge is 2.41. The van der Waals surface area contributed by atoms with E-state index < -0.39 is 0 Å². The monoisotopic (exact) mass is 868 g/mol. The molecule has 0 bridgehead atoms. The highest BCUT2D eigenvalue weighted by atomic mass is 15.0. The van der Waals surface area contributed by atoms with Crippen molar-refractivity contribution in [3.63, 3.8) is 0 Å². The molecule has 13 rings (SSSR count). The van der Waals surface area contributed by atoms with Gasteiger partial charge in [0, 0.05) is 44.3 Å². The fourth-order valence-electron chi connectivity index (χ4n) is 13.2. The molecule has 9 aromatic rings. The summed E-state index contributed by atoms with van der Waals surface area (Å²) in [4.78, 5) is 0. The first-order chi connectivity index (χ1) is 32.1. The average molecular weight is 869 g/mol. The Balaban J connectivity index is 1.19. The first kappa shape index (κ1) is 40.9. The molecule has 0 fully saturated rings. The number of rotatable bonds is 4. The Morgan fingerprint density at radius 2 is 1.13 bits per heavy atom. The van der Waals surface area contributed by atoms with Crippen LogP contribution >= 0.6 is 0 Å². The van der Waals surface area contributed by atoms with Crippen LogP contribution in [0.2, 0.25) is 0 Å². The van der Waals surface area contributed by atoms with Gasteiger partial charge in [0.05, 0.1) is 5.52 Å². The summed E-state index contributed by atoms with van der Waals surface area (Å²) in [5.41, 5.74) is 27.6. The number of aromatic nitrogens is 1. The molecule has 4 aliphatic rings. The van der Waals surface area contributed by atoms with E-state index in [4.69, 9.17) is 0 Å². The fraction of sp³-hybridized carbons (Fsp3) is 0.281. The Morgan fingerprint density at radius 1 is 0.493 bits per heavy atom. The van der Waals surface area contributed by atoms with Crippen LogP contribution in [0.4, 0.5) is 11.4 Å². The Bertz CT molecular complexity index is 3610. The molecule has 1 N–H and O–H groups in total. The van der Waals surface area contributed by atoms with Gasteiger partial charge in [-0.1, -0.05) is 163 Å². The third-order valence-electron chi connectivity index (χ3n) is 17.4. The minimum absolute atomic E-state index is 0.0407. The molecule has 3 heteroatoms. The van der Waals surface area contributed by atoms with Crippen LogP contribution in [0.25, 0.3) is 71.6 Å². The van der Waals surface area contributed by atoms with Crippen LogP contribution in [0.15, 0.2) is 133 Å². The molecule has 0 atom stereocenters. The van der Waals surface area contributed by atoms with Gasteiger partial charge in [0.25, 0.3) is 0 Å². The SMILES string of the molecule is Cc1ccc(Nc2cc3c(cc2-c2cc(-c4ccc5c(c4)Cc4ccccc4-5)c4c5ccc6ccccc6c5n5c4c2Bc2cc4c(cc2-5)C(C)(C)CCC4(C)C)C(C)(C)CCC3(C)C)cc1. The van der Waals surface area contributed by atoms with Crippen LogP contribution in [0.3, 0.4) is 0 Å². The molecular formula is C64H61BN2. The molecule has 1 aromatic heterocycles. The van der Waals surface area contributed by atoms with Crippen molar-refractivity contribution in [2.45, 2.75) is 116 Å². The highest BCUT2D eigenvalue weighted by Crippen LogP contribution is 2.52. The second kappa shape index (κ2) is 13.9. The third kappa shape index (κ3) is 6.02. The zero-order valence-electron chi connectivity index (χ0n) is 40.9. The van der Waals surface area contributed by atoms with E-state index in [1.165, 1.54) is 146 Å². The summed E-state index contributed by atoms with van der Waals surface area (Å²) >= 11 is 0. The first-order valence-corrected chi connectivity index (χ1v) is 25.0. The van der Waals surface area contributed by atoms with Gasteiger partial charge in [-0.05, 0) is 169 Å². The zero-order valence-corrected chi connectivity index (χ0v) is 40.9. The van der Waals surface area contributed by atoms with Gasteiger partial charge >= 0.3 is 0 Å². The van der Waals surface area contributed by atoms with Gasteiger partial charge in [-0.2, -0.15) is 0 Å². The number of hydrogen-bond acceptors (Lipinski definition) is 1. The van der Waals surface area contributed by atoms with Gasteiger partial charge in [0.15, 0.2) is 7.28 Å². The topological polar surface area (TPSA) is 17.0 Å². The van der Waals surface area contributed by atoms with E-state index >= 15 is 0 Å². The van der Waals surface area contributed by atoms with Gasteiger partial charge in [-0.15, -0.1) is 0 Å². The molecule has 0 saturated carbocycles. The van der Waals surface area contributed by atoms with Crippen molar-refractivity contribution >= 4 is 62.2 Å². The molecule has 8 aromatic carbocycles. The van der Waals surface area contributed by atoms with Gasteiger partial charge in [0.1, 0.15) is 0 Å². The van der Waals surface area contributed by atoms with Gasteiger partial charge in [-0.3, -0.25) is 0 Å². The van der Waals surface area contributed by atoms with E-state index in [0.29, 0.717) is 0 Å². The standard InChI is InChI=1S/C64H61BN2/c1-37-18-22-42(23-19-37)66-55-35-52-50(61(2,3)26-28-63(52,6)7)33-48(55)49-32-47(40-21-24-44-41(31-40)30-39-15-11-12-16-43(39)44)57-46-25-20-38-14-10-13-17-45(38)59(46)67-56-36-53-51(34-54(56)65-58(49)60(57)67)62(4,5)27-29-64(53,8)9/h10-25,31-36,65-66H,26-30H2,1-9H3. The molecule has 0 spiro atoms. The summed E-state index contributed by atoms with van der Waals surface area (Å²) in [7, 11) is 0.870. The number of benzene rings is 8. The third-order valence-corrected chi connectivity index (χ3v) is 17.4. The summed E-state index contributed by atoms with van der Waals surface area (Å²) in [5, 5.41) is 9.36. The molecule has 67 heavy (non-hydrogen) atoms. The second-order valence-corrected chi connectivity index (χ2v) is 23.6. The minimum Gasteiger partial charge on any atom is -0.355 e. The Hall–Kier alpha value is -6.32. The van der Waals surface area contributed by atoms with Crippen LogP contribution < -0.4 is 16.2 Å². The lowest BCUT2D eigenvalue weighted by Crippen LogP contribution is -2.41. The van der Waals surface area contributed by atoms with Crippen molar-refractivity contribution < 1.29 is 0 Å². The maximum absolute atomic E-state index is 4.07. The quantitative estimate of drug-likeness (QED) is 0.174. The van der Waals surface area contributed by atoms with Gasteiger partial charge in [-0.25, -0.2) is 0 Å². The van der Waals surface area contributed by atoms with Crippen molar-refractivity contribution in [2.75, 3.05) is 5.32 Å². The Kier molecular flexibility index (Phi) is 8.48. The molecule has 0 unspecified atom stereocenters. The van der Waals surface area contributed by atoms with Crippen LogP contribution in [0.5, 0.6) is 0 Å². The number of nitrogens with one attached hydrogen (secondary N) is 1. The average Bonchev–Trinajstić information content (AvgIpc) is 3.87. The highest BCUT2D eigenvalue weighted by molar-refractivity contribution is 6.73. The minimum atomic E-state index is 0.0407. The van der Waals surface area contributed by atoms with E-state index in [9.17, 15) is 0 Å². The predicted molar refractivity (Wildman–Crippen MR) is 289 cm³/mol. The number of anilines is 2.